The average Bonchev–Trinajstić information content (AvgIpc) is 2.96. The van der Waals surface area contributed by atoms with Crippen LogP contribution in [-0.4, -0.2) is 42.1 Å². The zero-order valence-corrected chi connectivity index (χ0v) is 11.2. The van der Waals surface area contributed by atoms with Crippen LogP contribution < -0.4 is 5.32 Å². The van der Waals surface area contributed by atoms with Crippen LogP contribution >= 0.6 is 0 Å². The summed E-state index contributed by atoms with van der Waals surface area (Å²) in [6.07, 6.45) is 2.38. The molecule has 0 spiro atoms. The predicted molar refractivity (Wildman–Crippen MR) is 74.7 cm³/mol. The van der Waals surface area contributed by atoms with Crippen molar-refractivity contribution >= 4 is 5.91 Å². The number of rotatable bonds is 6. The quantitative estimate of drug-likeness (QED) is 0.813. The molecule has 1 unspecified atom stereocenters. The van der Waals surface area contributed by atoms with Crippen molar-refractivity contribution in [1.29, 1.82) is 0 Å². The molecular formula is C15H22N2O2. The SMILES string of the molecule is O=C(CCN1CCCC1)NCC(O)c1ccccc1. The molecule has 1 aliphatic rings. The molecule has 1 aliphatic heterocycles. The van der Waals surface area contributed by atoms with Crippen LogP contribution in [0.2, 0.25) is 0 Å². The summed E-state index contributed by atoms with van der Waals surface area (Å²) in [5.41, 5.74) is 0.836. The molecule has 1 heterocycles. The van der Waals surface area contributed by atoms with Crippen molar-refractivity contribution in [1.82, 2.24) is 10.2 Å². The number of hydrogen-bond donors (Lipinski definition) is 2. The van der Waals surface area contributed by atoms with Crippen molar-refractivity contribution in [3.8, 4) is 0 Å². The molecule has 1 fully saturated rings. The molecule has 2 rings (SSSR count). The fourth-order valence-corrected chi connectivity index (χ4v) is 2.36. The van der Waals surface area contributed by atoms with Gasteiger partial charge in [0.2, 0.25) is 5.91 Å². The van der Waals surface area contributed by atoms with E-state index < -0.39 is 6.10 Å². The maximum Gasteiger partial charge on any atom is 0.221 e. The summed E-state index contributed by atoms with van der Waals surface area (Å²) in [6.45, 7) is 3.33. The number of hydrogen-bond acceptors (Lipinski definition) is 3. The minimum absolute atomic E-state index is 0.0156. The second-order valence-electron chi connectivity index (χ2n) is 5.03. The Bertz CT molecular complexity index is 388. The maximum atomic E-state index is 11.7. The lowest BCUT2D eigenvalue weighted by Gasteiger charge is -2.15. The molecule has 0 bridgehead atoms. The summed E-state index contributed by atoms with van der Waals surface area (Å²) in [5, 5.41) is 12.7. The Kier molecular flexibility index (Phi) is 5.36. The van der Waals surface area contributed by atoms with Crippen molar-refractivity contribution in [3.05, 3.63) is 35.9 Å². The Morgan fingerprint density at radius 2 is 1.95 bits per heavy atom. The Balaban J connectivity index is 1.65. The minimum atomic E-state index is -0.628. The first kappa shape index (κ1) is 14.0. The molecule has 4 nitrogen and oxygen atoms in total. The highest BCUT2D eigenvalue weighted by atomic mass is 16.3. The van der Waals surface area contributed by atoms with Gasteiger partial charge in [-0.15, -0.1) is 0 Å². The largest absolute Gasteiger partial charge is 0.387 e. The molecule has 0 aromatic heterocycles. The fraction of sp³-hybridized carbons (Fsp3) is 0.533. The van der Waals surface area contributed by atoms with E-state index in [4.69, 9.17) is 0 Å². The van der Waals surface area contributed by atoms with E-state index >= 15 is 0 Å². The molecule has 19 heavy (non-hydrogen) atoms. The fourth-order valence-electron chi connectivity index (χ4n) is 2.36. The second-order valence-corrected chi connectivity index (χ2v) is 5.03. The van der Waals surface area contributed by atoms with Gasteiger partial charge >= 0.3 is 0 Å². The lowest BCUT2D eigenvalue weighted by atomic mass is 10.1. The molecule has 104 valence electrons. The van der Waals surface area contributed by atoms with Crippen molar-refractivity contribution in [2.24, 2.45) is 0 Å². The number of carbonyl (C=O) groups is 1. The number of nitrogens with one attached hydrogen (secondary N) is 1. The number of carbonyl (C=O) groups excluding carboxylic acids is 1. The van der Waals surface area contributed by atoms with Crippen LogP contribution in [0.15, 0.2) is 30.3 Å². The summed E-state index contributed by atoms with van der Waals surface area (Å²) in [5.74, 6) is 0.0156. The number of amides is 1. The van der Waals surface area contributed by atoms with Crippen LogP contribution in [0.4, 0.5) is 0 Å². The maximum absolute atomic E-state index is 11.7. The molecule has 0 aliphatic carbocycles. The first-order valence-corrected chi connectivity index (χ1v) is 6.98. The lowest BCUT2D eigenvalue weighted by molar-refractivity contribution is -0.121. The molecule has 2 N–H and O–H groups in total. The monoisotopic (exact) mass is 262 g/mol. The van der Waals surface area contributed by atoms with E-state index in [9.17, 15) is 9.90 Å². The van der Waals surface area contributed by atoms with Gasteiger partial charge in [-0.05, 0) is 31.5 Å². The number of nitrogens with zero attached hydrogens (tertiary/aromatic N) is 1. The molecular weight excluding hydrogens is 240 g/mol. The number of aliphatic hydroxyl groups is 1. The summed E-state index contributed by atoms with van der Waals surface area (Å²) in [7, 11) is 0. The zero-order chi connectivity index (χ0) is 13.5. The third-order valence-corrected chi connectivity index (χ3v) is 3.53. The first-order valence-electron chi connectivity index (χ1n) is 6.98. The third kappa shape index (κ3) is 4.65. The molecule has 1 atom stereocenters. The Morgan fingerprint density at radius 1 is 1.26 bits per heavy atom. The van der Waals surface area contributed by atoms with E-state index in [-0.39, 0.29) is 12.5 Å². The highest BCUT2D eigenvalue weighted by Gasteiger charge is 2.13. The number of aliphatic hydroxyl groups excluding tert-OH is 1. The van der Waals surface area contributed by atoms with E-state index in [2.05, 4.69) is 10.2 Å². The van der Waals surface area contributed by atoms with Crippen molar-refractivity contribution in [2.45, 2.75) is 25.4 Å². The highest BCUT2D eigenvalue weighted by Crippen LogP contribution is 2.11. The highest BCUT2D eigenvalue weighted by molar-refractivity contribution is 5.76. The Hall–Kier alpha value is -1.39. The molecule has 0 saturated carbocycles. The Labute approximate surface area is 114 Å². The van der Waals surface area contributed by atoms with Gasteiger partial charge in [0.1, 0.15) is 0 Å². The zero-order valence-electron chi connectivity index (χ0n) is 11.2. The standard InChI is InChI=1S/C15H22N2O2/c18-14(13-6-2-1-3-7-13)12-16-15(19)8-11-17-9-4-5-10-17/h1-3,6-7,14,18H,4-5,8-12H2,(H,16,19). The van der Waals surface area contributed by atoms with Gasteiger partial charge in [0.15, 0.2) is 0 Å². The van der Waals surface area contributed by atoms with Crippen LogP contribution in [0, 0.1) is 0 Å². The van der Waals surface area contributed by atoms with Crippen LogP contribution in [-0.2, 0) is 4.79 Å². The van der Waals surface area contributed by atoms with E-state index in [1.807, 2.05) is 30.3 Å². The number of benzene rings is 1. The molecule has 1 aromatic carbocycles. The van der Waals surface area contributed by atoms with E-state index in [1.54, 1.807) is 0 Å². The van der Waals surface area contributed by atoms with Crippen molar-refractivity contribution in [3.63, 3.8) is 0 Å². The first-order chi connectivity index (χ1) is 9.25. The van der Waals surface area contributed by atoms with Gasteiger partial charge in [0.05, 0.1) is 6.10 Å². The summed E-state index contributed by atoms with van der Waals surface area (Å²) >= 11 is 0. The van der Waals surface area contributed by atoms with E-state index in [0.717, 1.165) is 25.2 Å². The van der Waals surface area contributed by atoms with Gasteiger partial charge in [-0.1, -0.05) is 30.3 Å². The van der Waals surface area contributed by atoms with Gasteiger partial charge in [-0.2, -0.15) is 0 Å². The van der Waals surface area contributed by atoms with Gasteiger partial charge in [0.25, 0.3) is 0 Å². The molecule has 1 saturated heterocycles. The third-order valence-electron chi connectivity index (χ3n) is 3.53. The summed E-state index contributed by atoms with van der Waals surface area (Å²) < 4.78 is 0. The topological polar surface area (TPSA) is 52.6 Å². The van der Waals surface area contributed by atoms with E-state index in [1.165, 1.54) is 12.8 Å². The Morgan fingerprint density at radius 3 is 2.63 bits per heavy atom. The molecule has 1 aromatic rings. The van der Waals surface area contributed by atoms with Crippen LogP contribution in [0.1, 0.15) is 30.9 Å². The van der Waals surface area contributed by atoms with Crippen molar-refractivity contribution in [2.75, 3.05) is 26.2 Å². The molecule has 1 amide bonds. The average molecular weight is 262 g/mol. The molecule has 0 radical (unpaired) electrons. The minimum Gasteiger partial charge on any atom is -0.387 e. The predicted octanol–water partition coefficient (Wildman–Crippen LogP) is 1.32. The van der Waals surface area contributed by atoms with Crippen LogP contribution in [0.25, 0.3) is 0 Å². The normalized spacial score (nSPS) is 17.3. The van der Waals surface area contributed by atoms with E-state index in [0.29, 0.717) is 6.42 Å². The van der Waals surface area contributed by atoms with Gasteiger partial charge in [-0.3, -0.25) is 4.79 Å². The van der Waals surface area contributed by atoms with Crippen molar-refractivity contribution < 1.29 is 9.90 Å². The number of likely N-dealkylation sites (tertiary alicyclic amines) is 1. The van der Waals surface area contributed by atoms with Gasteiger partial charge in [-0.25, -0.2) is 0 Å². The smallest absolute Gasteiger partial charge is 0.221 e. The summed E-state index contributed by atoms with van der Waals surface area (Å²) in [4.78, 5) is 14.0. The van der Waals surface area contributed by atoms with Gasteiger partial charge < -0.3 is 15.3 Å². The van der Waals surface area contributed by atoms with Gasteiger partial charge in [0, 0.05) is 19.5 Å². The lowest BCUT2D eigenvalue weighted by Crippen LogP contribution is -2.32. The van der Waals surface area contributed by atoms with Crippen LogP contribution in [0.5, 0.6) is 0 Å². The van der Waals surface area contributed by atoms with Crippen LogP contribution in [0.3, 0.4) is 0 Å². The molecule has 4 heteroatoms. The second kappa shape index (κ2) is 7.26. The summed E-state index contributed by atoms with van der Waals surface area (Å²) in [6, 6.07) is 9.40.